The lowest BCUT2D eigenvalue weighted by Crippen LogP contribution is -2.29. The van der Waals surface area contributed by atoms with Crippen LogP contribution in [0.25, 0.3) is 0 Å². The highest BCUT2D eigenvalue weighted by molar-refractivity contribution is 7.47. The van der Waals surface area contributed by atoms with Crippen LogP contribution in [-0.4, -0.2) is 65.7 Å². The van der Waals surface area contributed by atoms with Crippen molar-refractivity contribution in [1.82, 2.24) is 0 Å². The van der Waals surface area contributed by atoms with Gasteiger partial charge in [-0.25, -0.2) is 4.57 Å². The van der Waals surface area contributed by atoms with Crippen molar-refractivity contribution in [2.75, 3.05) is 26.4 Å². The molecule has 0 amide bonds. The van der Waals surface area contributed by atoms with Crippen LogP contribution in [0.4, 0.5) is 0 Å². The van der Waals surface area contributed by atoms with Crippen LogP contribution in [-0.2, 0) is 32.7 Å². The van der Waals surface area contributed by atoms with E-state index in [0.717, 1.165) is 38.5 Å². The SMILES string of the molecule is CCCC/C=C/CCCCCCCCCCCC(=O)OC[C@H](COP(=O)(O)OC[C@@H](O)CO)OC(=O)CCCCCCCCCCCCCCCC. The molecule has 0 aliphatic rings. The van der Waals surface area contributed by atoms with Gasteiger partial charge in [-0.15, -0.1) is 0 Å². The summed E-state index contributed by atoms with van der Waals surface area (Å²) in [5.41, 5.74) is 0. The van der Waals surface area contributed by atoms with Crippen molar-refractivity contribution < 1.29 is 47.8 Å². The summed E-state index contributed by atoms with van der Waals surface area (Å²) in [4.78, 5) is 34.9. The van der Waals surface area contributed by atoms with Gasteiger partial charge < -0.3 is 24.6 Å². The lowest BCUT2D eigenvalue weighted by molar-refractivity contribution is -0.161. The van der Waals surface area contributed by atoms with Crippen LogP contribution in [0.5, 0.6) is 0 Å². The average Bonchev–Trinajstić information content (AvgIpc) is 3.13. The van der Waals surface area contributed by atoms with E-state index in [0.29, 0.717) is 12.8 Å². The molecule has 0 bridgehead atoms. The first-order valence-electron chi connectivity index (χ1n) is 21.1. The monoisotopic (exact) mass is 763 g/mol. The number of aliphatic hydroxyl groups is 2. The minimum atomic E-state index is -4.61. The molecule has 0 aromatic rings. The lowest BCUT2D eigenvalue weighted by Gasteiger charge is -2.20. The predicted octanol–water partition coefficient (Wildman–Crippen LogP) is 10.8. The summed E-state index contributed by atoms with van der Waals surface area (Å²) in [7, 11) is -4.61. The smallest absolute Gasteiger partial charge is 0.462 e. The Kier molecular flexibility index (Phi) is 37.1. The van der Waals surface area contributed by atoms with Gasteiger partial charge in [0.2, 0.25) is 0 Å². The van der Waals surface area contributed by atoms with Gasteiger partial charge in [-0.2, -0.15) is 0 Å². The number of unbranched alkanes of at least 4 members (excludes halogenated alkanes) is 24. The van der Waals surface area contributed by atoms with E-state index in [2.05, 4.69) is 30.5 Å². The molecule has 0 heterocycles. The Hall–Kier alpha value is -1.29. The van der Waals surface area contributed by atoms with Crippen LogP contribution in [0, 0.1) is 0 Å². The third-order valence-corrected chi connectivity index (χ3v) is 10.1. The molecule has 0 radical (unpaired) electrons. The first-order valence-corrected chi connectivity index (χ1v) is 22.6. The van der Waals surface area contributed by atoms with Gasteiger partial charge in [0.1, 0.15) is 12.7 Å². The van der Waals surface area contributed by atoms with Gasteiger partial charge in [-0.1, -0.05) is 167 Å². The van der Waals surface area contributed by atoms with Crippen LogP contribution in [0.2, 0.25) is 0 Å². The number of rotatable bonds is 40. The van der Waals surface area contributed by atoms with Crippen LogP contribution in [0.1, 0.15) is 200 Å². The van der Waals surface area contributed by atoms with Crippen molar-refractivity contribution in [2.24, 2.45) is 0 Å². The number of carbonyl (C=O) groups is 2. The van der Waals surface area contributed by atoms with E-state index in [9.17, 15) is 24.2 Å². The Balaban J connectivity index is 4.28. The van der Waals surface area contributed by atoms with Gasteiger partial charge in [0, 0.05) is 12.8 Å². The van der Waals surface area contributed by atoms with Crippen molar-refractivity contribution in [2.45, 2.75) is 212 Å². The molecule has 0 spiro atoms. The molecular formula is C41H79O10P. The van der Waals surface area contributed by atoms with Crippen LogP contribution >= 0.6 is 7.82 Å². The Morgan fingerprint density at radius 2 is 0.962 bits per heavy atom. The van der Waals surface area contributed by atoms with Crippen molar-refractivity contribution in [3.63, 3.8) is 0 Å². The zero-order chi connectivity index (χ0) is 38.4. The van der Waals surface area contributed by atoms with E-state index < -0.39 is 51.8 Å². The number of carbonyl (C=O) groups excluding carboxylic acids is 2. The number of esters is 2. The summed E-state index contributed by atoms with van der Waals surface area (Å²) < 4.78 is 32.7. The topological polar surface area (TPSA) is 149 Å². The standard InChI is InChI=1S/C41H79O10P/c1-3-5-7-9-11-13-15-17-19-21-22-24-26-28-30-32-40(44)48-36-39(37-50-52(46,47)49-35-38(43)34-42)51-41(45)33-31-29-27-25-23-20-18-16-14-12-10-8-6-4-2/h9,11,38-39,42-43H,3-8,10,12-37H2,1-2H3,(H,46,47)/b11-9+/t38-,39+/m0/s1. The Morgan fingerprint density at radius 3 is 1.44 bits per heavy atom. The minimum absolute atomic E-state index is 0.189. The average molecular weight is 763 g/mol. The third kappa shape index (κ3) is 37.0. The van der Waals surface area contributed by atoms with E-state index >= 15 is 0 Å². The molecule has 3 N–H and O–H groups in total. The lowest BCUT2D eigenvalue weighted by atomic mass is 10.0. The number of hydrogen-bond acceptors (Lipinski definition) is 9. The molecule has 0 rings (SSSR count). The fourth-order valence-electron chi connectivity index (χ4n) is 5.86. The fraction of sp³-hybridized carbons (Fsp3) is 0.902. The first kappa shape index (κ1) is 50.7. The Morgan fingerprint density at radius 1 is 0.558 bits per heavy atom. The van der Waals surface area contributed by atoms with Gasteiger partial charge >= 0.3 is 19.8 Å². The molecule has 0 saturated carbocycles. The number of aliphatic hydroxyl groups excluding tert-OH is 2. The third-order valence-electron chi connectivity index (χ3n) is 9.17. The fourth-order valence-corrected chi connectivity index (χ4v) is 6.65. The number of ether oxygens (including phenoxy) is 2. The molecule has 0 aliphatic carbocycles. The summed E-state index contributed by atoms with van der Waals surface area (Å²) in [5.74, 6) is -0.918. The number of phosphoric ester groups is 1. The summed E-state index contributed by atoms with van der Waals surface area (Å²) in [5, 5.41) is 18.3. The zero-order valence-corrected chi connectivity index (χ0v) is 34.2. The second-order valence-corrected chi connectivity index (χ2v) is 15.8. The van der Waals surface area contributed by atoms with Gasteiger partial charge in [-0.3, -0.25) is 18.6 Å². The first-order chi connectivity index (χ1) is 25.2. The molecule has 11 heteroatoms. The molecule has 0 aliphatic heterocycles. The molecule has 308 valence electrons. The second kappa shape index (κ2) is 38.0. The maximum atomic E-state index is 12.6. The van der Waals surface area contributed by atoms with Crippen LogP contribution in [0.15, 0.2) is 12.2 Å². The molecule has 52 heavy (non-hydrogen) atoms. The number of hydrogen-bond donors (Lipinski definition) is 3. The Labute approximate surface area is 317 Å². The Bertz CT molecular complexity index is 884. The highest BCUT2D eigenvalue weighted by Crippen LogP contribution is 2.43. The quantitative estimate of drug-likeness (QED) is 0.0238. The summed E-state index contributed by atoms with van der Waals surface area (Å²) in [6.07, 6.45) is 34.6. The van der Waals surface area contributed by atoms with E-state index in [1.165, 1.54) is 122 Å². The van der Waals surface area contributed by atoms with Gasteiger partial charge in [0.05, 0.1) is 19.8 Å². The maximum absolute atomic E-state index is 12.6. The van der Waals surface area contributed by atoms with Gasteiger partial charge in [0.25, 0.3) is 0 Å². The van der Waals surface area contributed by atoms with E-state index in [-0.39, 0.29) is 19.4 Å². The predicted molar refractivity (Wildman–Crippen MR) is 210 cm³/mol. The number of phosphoric acid groups is 1. The summed E-state index contributed by atoms with van der Waals surface area (Å²) in [6, 6.07) is 0. The molecule has 3 atom stereocenters. The van der Waals surface area contributed by atoms with Crippen molar-refractivity contribution in [3.8, 4) is 0 Å². The summed E-state index contributed by atoms with van der Waals surface area (Å²) >= 11 is 0. The second-order valence-electron chi connectivity index (χ2n) is 14.4. The zero-order valence-electron chi connectivity index (χ0n) is 33.3. The normalized spacial score (nSPS) is 14.0. The molecule has 1 unspecified atom stereocenters. The molecule has 10 nitrogen and oxygen atoms in total. The largest absolute Gasteiger partial charge is 0.472 e. The minimum Gasteiger partial charge on any atom is -0.462 e. The summed E-state index contributed by atoms with van der Waals surface area (Å²) in [6.45, 7) is 2.37. The van der Waals surface area contributed by atoms with Crippen molar-refractivity contribution in [3.05, 3.63) is 12.2 Å². The molecular weight excluding hydrogens is 683 g/mol. The van der Waals surface area contributed by atoms with Crippen molar-refractivity contribution >= 4 is 19.8 Å². The maximum Gasteiger partial charge on any atom is 0.472 e. The highest BCUT2D eigenvalue weighted by Gasteiger charge is 2.27. The van der Waals surface area contributed by atoms with E-state index in [4.69, 9.17) is 19.1 Å². The van der Waals surface area contributed by atoms with Crippen LogP contribution < -0.4 is 0 Å². The highest BCUT2D eigenvalue weighted by atomic mass is 31.2. The molecule has 0 saturated heterocycles. The van der Waals surface area contributed by atoms with Crippen molar-refractivity contribution in [1.29, 1.82) is 0 Å². The van der Waals surface area contributed by atoms with Gasteiger partial charge in [0.15, 0.2) is 6.10 Å². The van der Waals surface area contributed by atoms with E-state index in [1.807, 2.05) is 0 Å². The molecule has 0 fully saturated rings. The molecule has 0 aromatic carbocycles. The van der Waals surface area contributed by atoms with Crippen LogP contribution in [0.3, 0.4) is 0 Å². The molecule has 0 aromatic heterocycles. The number of allylic oxidation sites excluding steroid dienone is 2. The van der Waals surface area contributed by atoms with Gasteiger partial charge in [-0.05, 0) is 32.1 Å². The van der Waals surface area contributed by atoms with E-state index in [1.54, 1.807) is 0 Å².